The standard InChI is InChI=1S/C13H14N4OS/c1-18-10-5-2-9(3-6-10)4-7-12-16-17-8-11(14)15-13(17)19-12/h2-3,5-6,8H,4,7,14H2,1H3. The Labute approximate surface area is 114 Å². The number of anilines is 1. The number of benzene rings is 1. The lowest BCUT2D eigenvalue weighted by atomic mass is 10.1. The molecule has 3 aromatic rings. The molecule has 0 unspecified atom stereocenters. The Morgan fingerprint density at radius 2 is 2.05 bits per heavy atom. The van der Waals surface area contributed by atoms with Crippen LogP contribution in [0.25, 0.3) is 4.96 Å². The number of nitrogen functional groups attached to an aromatic ring is 1. The third kappa shape index (κ3) is 2.53. The van der Waals surface area contributed by atoms with Crippen LogP contribution in [0.15, 0.2) is 30.5 Å². The van der Waals surface area contributed by atoms with Crippen molar-refractivity contribution in [3.05, 3.63) is 41.0 Å². The summed E-state index contributed by atoms with van der Waals surface area (Å²) in [7, 11) is 1.67. The number of aromatic nitrogens is 3. The van der Waals surface area contributed by atoms with Crippen LogP contribution in [0.4, 0.5) is 5.82 Å². The van der Waals surface area contributed by atoms with Crippen LogP contribution in [0, 0.1) is 0 Å². The second-order valence-electron chi connectivity index (χ2n) is 4.24. The highest BCUT2D eigenvalue weighted by atomic mass is 32.1. The second-order valence-corrected chi connectivity index (χ2v) is 5.28. The predicted molar refractivity (Wildman–Crippen MR) is 75.7 cm³/mol. The van der Waals surface area contributed by atoms with E-state index in [1.807, 2.05) is 12.1 Å². The van der Waals surface area contributed by atoms with Gasteiger partial charge < -0.3 is 10.5 Å². The SMILES string of the molecule is COc1ccc(CCc2nn3cc(N)nc3s2)cc1. The zero-order valence-electron chi connectivity index (χ0n) is 10.5. The molecule has 3 rings (SSSR count). The molecule has 2 aromatic heterocycles. The predicted octanol–water partition coefficient (Wildman–Crippen LogP) is 2.17. The summed E-state index contributed by atoms with van der Waals surface area (Å²) in [6, 6.07) is 8.11. The molecule has 0 spiro atoms. The van der Waals surface area contributed by atoms with Gasteiger partial charge in [-0.05, 0) is 24.1 Å². The van der Waals surface area contributed by atoms with Crippen molar-refractivity contribution >= 4 is 22.1 Å². The van der Waals surface area contributed by atoms with E-state index in [9.17, 15) is 0 Å². The van der Waals surface area contributed by atoms with Crippen molar-refractivity contribution in [3.63, 3.8) is 0 Å². The Morgan fingerprint density at radius 1 is 1.26 bits per heavy atom. The molecule has 0 fully saturated rings. The number of ether oxygens (including phenoxy) is 1. The van der Waals surface area contributed by atoms with Gasteiger partial charge in [0, 0.05) is 6.42 Å². The molecule has 0 atom stereocenters. The minimum absolute atomic E-state index is 0.514. The summed E-state index contributed by atoms with van der Waals surface area (Å²) in [6.45, 7) is 0. The summed E-state index contributed by atoms with van der Waals surface area (Å²) >= 11 is 1.58. The highest BCUT2D eigenvalue weighted by Gasteiger charge is 2.06. The van der Waals surface area contributed by atoms with Crippen molar-refractivity contribution in [2.45, 2.75) is 12.8 Å². The zero-order valence-corrected chi connectivity index (χ0v) is 11.4. The van der Waals surface area contributed by atoms with Gasteiger partial charge in [0.2, 0.25) is 4.96 Å². The van der Waals surface area contributed by atoms with Crippen LogP contribution >= 0.6 is 11.3 Å². The number of imidazole rings is 1. The Balaban J connectivity index is 1.68. The number of methoxy groups -OCH3 is 1. The minimum atomic E-state index is 0.514. The fourth-order valence-electron chi connectivity index (χ4n) is 1.90. The van der Waals surface area contributed by atoms with Crippen molar-refractivity contribution in [3.8, 4) is 5.75 Å². The van der Waals surface area contributed by atoms with Crippen LogP contribution in [0.5, 0.6) is 5.75 Å². The first-order chi connectivity index (χ1) is 9.24. The number of aryl methyl sites for hydroxylation is 2. The molecule has 0 aliphatic carbocycles. The monoisotopic (exact) mass is 274 g/mol. The fourth-order valence-corrected chi connectivity index (χ4v) is 2.78. The molecule has 0 saturated carbocycles. The first kappa shape index (κ1) is 12.0. The van der Waals surface area contributed by atoms with Gasteiger partial charge >= 0.3 is 0 Å². The molecule has 0 bridgehead atoms. The highest BCUT2D eigenvalue weighted by molar-refractivity contribution is 7.16. The average Bonchev–Trinajstić information content (AvgIpc) is 2.93. The van der Waals surface area contributed by atoms with Crippen molar-refractivity contribution in [2.24, 2.45) is 0 Å². The van der Waals surface area contributed by atoms with Gasteiger partial charge in [0.25, 0.3) is 0 Å². The third-order valence-corrected chi connectivity index (χ3v) is 3.87. The summed E-state index contributed by atoms with van der Waals surface area (Å²) in [5, 5.41) is 5.52. The highest BCUT2D eigenvalue weighted by Crippen LogP contribution is 2.18. The van der Waals surface area contributed by atoms with Gasteiger partial charge in [0.1, 0.15) is 16.6 Å². The summed E-state index contributed by atoms with van der Waals surface area (Å²) < 4.78 is 6.88. The maximum atomic E-state index is 5.60. The van der Waals surface area contributed by atoms with Crippen molar-refractivity contribution < 1.29 is 4.74 Å². The molecular formula is C13H14N4OS. The lowest BCUT2D eigenvalue weighted by Crippen LogP contribution is -1.93. The van der Waals surface area contributed by atoms with Gasteiger partial charge in [-0.15, -0.1) is 0 Å². The Morgan fingerprint density at radius 3 is 2.74 bits per heavy atom. The van der Waals surface area contributed by atoms with Gasteiger partial charge in [0.15, 0.2) is 0 Å². The Bertz CT molecular complexity index is 655. The molecule has 0 saturated heterocycles. The third-order valence-electron chi connectivity index (χ3n) is 2.89. The van der Waals surface area contributed by atoms with Crippen molar-refractivity contribution in [1.82, 2.24) is 14.6 Å². The fraction of sp³-hybridized carbons (Fsp3) is 0.231. The van der Waals surface area contributed by atoms with Crippen LogP contribution in [0.2, 0.25) is 0 Å². The van der Waals surface area contributed by atoms with E-state index in [4.69, 9.17) is 10.5 Å². The topological polar surface area (TPSA) is 65.4 Å². The van der Waals surface area contributed by atoms with E-state index in [0.717, 1.165) is 28.6 Å². The maximum absolute atomic E-state index is 5.60. The van der Waals surface area contributed by atoms with Crippen LogP contribution in [0.3, 0.4) is 0 Å². The number of hydrogen-bond donors (Lipinski definition) is 1. The lowest BCUT2D eigenvalue weighted by molar-refractivity contribution is 0.414. The number of fused-ring (bicyclic) bond motifs is 1. The molecule has 2 N–H and O–H groups in total. The molecule has 98 valence electrons. The summed E-state index contributed by atoms with van der Waals surface area (Å²) in [4.78, 5) is 5.04. The lowest BCUT2D eigenvalue weighted by Gasteiger charge is -2.01. The number of nitrogens with two attached hydrogens (primary N) is 1. The van der Waals surface area contributed by atoms with Crippen LogP contribution < -0.4 is 10.5 Å². The quantitative estimate of drug-likeness (QED) is 0.792. The molecule has 2 heterocycles. The van der Waals surface area contributed by atoms with E-state index >= 15 is 0 Å². The van der Waals surface area contributed by atoms with Crippen LogP contribution in [-0.4, -0.2) is 21.7 Å². The number of nitrogens with zero attached hydrogens (tertiary/aromatic N) is 3. The Kier molecular flexibility index (Phi) is 3.08. The smallest absolute Gasteiger partial charge is 0.214 e. The van der Waals surface area contributed by atoms with Crippen LogP contribution in [0.1, 0.15) is 10.6 Å². The molecule has 0 aliphatic rings. The van der Waals surface area contributed by atoms with E-state index in [0.29, 0.717) is 5.82 Å². The summed E-state index contributed by atoms with van der Waals surface area (Å²) in [5.41, 5.74) is 6.87. The number of rotatable bonds is 4. The van der Waals surface area contributed by atoms with E-state index < -0.39 is 0 Å². The van der Waals surface area contributed by atoms with Gasteiger partial charge in [-0.2, -0.15) is 5.10 Å². The Hall–Kier alpha value is -2.08. The molecule has 0 radical (unpaired) electrons. The summed E-state index contributed by atoms with van der Waals surface area (Å²) in [6.07, 6.45) is 3.60. The second kappa shape index (κ2) is 4.89. The van der Waals surface area contributed by atoms with E-state index in [-0.39, 0.29) is 0 Å². The van der Waals surface area contributed by atoms with Gasteiger partial charge in [-0.3, -0.25) is 0 Å². The normalized spacial score (nSPS) is 11.0. The minimum Gasteiger partial charge on any atom is -0.497 e. The maximum Gasteiger partial charge on any atom is 0.214 e. The van der Waals surface area contributed by atoms with Crippen LogP contribution in [-0.2, 0) is 12.8 Å². The first-order valence-electron chi connectivity index (χ1n) is 5.98. The molecule has 19 heavy (non-hydrogen) atoms. The van der Waals surface area contributed by atoms with Crippen molar-refractivity contribution in [2.75, 3.05) is 12.8 Å². The summed E-state index contributed by atoms with van der Waals surface area (Å²) in [5.74, 6) is 1.40. The molecule has 5 nitrogen and oxygen atoms in total. The van der Waals surface area contributed by atoms with Gasteiger partial charge in [-0.1, -0.05) is 23.5 Å². The molecule has 6 heteroatoms. The number of hydrogen-bond acceptors (Lipinski definition) is 5. The molecule has 1 aromatic carbocycles. The first-order valence-corrected chi connectivity index (χ1v) is 6.80. The zero-order chi connectivity index (χ0) is 13.2. The van der Waals surface area contributed by atoms with Gasteiger partial charge in [-0.25, -0.2) is 9.50 Å². The van der Waals surface area contributed by atoms with E-state index in [1.165, 1.54) is 5.56 Å². The molecular weight excluding hydrogens is 260 g/mol. The van der Waals surface area contributed by atoms with Crippen molar-refractivity contribution in [1.29, 1.82) is 0 Å². The van der Waals surface area contributed by atoms with E-state index in [1.54, 1.807) is 29.2 Å². The largest absolute Gasteiger partial charge is 0.497 e. The molecule has 0 aliphatic heterocycles. The van der Waals surface area contributed by atoms with Gasteiger partial charge in [0.05, 0.1) is 13.3 Å². The van der Waals surface area contributed by atoms with E-state index in [2.05, 4.69) is 22.2 Å². The average molecular weight is 274 g/mol. The molecule has 0 amide bonds.